The molecule has 0 spiro atoms. The number of ether oxygens (including phenoxy) is 2. The molecule has 0 N–H and O–H groups in total. The Balaban J connectivity index is 3.28. The van der Waals surface area contributed by atoms with E-state index in [0.717, 1.165) is 32.1 Å². The summed E-state index contributed by atoms with van der Waals surface area (Å²) in [5.41, 5.74) is 0. The second-order valence-electron chi connectivity index (χ2n) is 12.0. The quantitative estimate of drug-likeness (QED) is 0.0634. The predicted octanol–water partition coefficient (Wildman–Crippen LogP) is 11.3. The van der Waals surface area contributed by atoms with Crippen LogP contribution >= 0.6 is 0 Å². The molecule has 4 heteroatoms. The number of carbonyl (C=O) groups excluding carboxylic acids is 2. The third kappa shape index (κ3) is 31.3. The highest BCUT2D eigenvalue weighted by Crippen LogP contribution is 2.18. The first-order valence-corrected chi connectivity index (χ1v) is 17.4. The summed E-state index contributed by atoms with van der Waals surface area (Å²) < 4.78 is 10.7. The molecule has 0 bridgehead atoms. The molecular formula is C35H68O4. The average Bonchev–Trinajstić information content (AvgIpc) is 2.93. The van der Waals surface area contributed by atoms with Crippen LogP contribution in [0.5, 0.6) is 0 Å². The molecule has 0 aliphatic rings. The van der Waals surface area contributed by atoms with E-state index in [-0.39, 0.29) is 11.9 Å². The van der Waals surface area contributed by atoms with Crippen LogP contribution in [0.2, 0.25) is 0 Å². The fourth-order valence-electron chi connectivity index (χ4n) is 5.14. The van der Waals surface area contributed by atoms with Crippen molar-refractivity contribution in [2.24, 2.45) is 5.92 Å². The molecule has 39 heavy (non-hydrogen) atoms. The topological polar surface area (TPSA) is 52.6 Å². The number of rotatable bonds is 31. The zero-order valence-electron chi connectivity index (χ0n) is 26.7. The minimum atomic E-state index is -0.00184. The SMILES string of the molecule is CCCCCCCOC(=O)CCCCCCCCCCCCCCCC(C)CCC(=O)OCCCCCCC. The van der Waals surface area contributed by atoms with E-state index in [9.17, 15) is 9.59 Å². The standard InChI is InChI=1S/C35H68O4/c1-4-6-8-21-25-31-38-34(36)28-24-20-18-16-14-12-10-11-13-15-17-19-23-27-33(3)29-30-35(37)39-32-26-22-9-7-5-2/h33H,4-32H2,1-3H3. The smallest absolute Gasteiger partial charge is 0.305 e. The second kappa shape index (κ2) is 31.5. The lowest BCUT2D eigenvalue weighted by Crippen LogP contribution is -2.08. The van der Waals surface area contributed by atoms with Crippen molar-refractivity contribution < 1.29 is 19.1 Å². The van der Waals surface area contributed by atoms with Gasteiger partial charge in [0.2, 0.25) is 0 Å². The summed E-state index contributed by atoms with van der Waals surface area (Å²) in [4.78, 5) is 23.6. The van der Waals surface area contributed by atoms with Crippen molar-refractivity contribution in [3.8, 4) is 0 Å². The van der Waals surface area contributed by atoms with E-state index in [1.165, 1.54) is 128 Å². The van der Waals surface area contributed by atoms with Crippen LogP contribution in [0.1, 0.15) is 194 Å². The summed E-state index contributed by atoms with van der Waals surface area (Å²) in [7, 11) is 0. The lowest BCUT2D eigenvalue weighted by atomic mass is 9.97. The molecule has 0 heterocycles. The van der Waals surface area contributed by atoms with E-state index < -0.39 is 0 Å². The fourth-order valence-corrected chi connectivity index (χ4v) is 5.14. The highest BCUT2D eigenvalue weighted by atomic mass is 16.5. The lowest BCUT2D eigenvalue weighted by molar-refractivity contribution is -0.144. The van der Waals surface area contributed by atoms with Gasteiger partial charge in [-0.1, -0.05) is 156 Å². The van der Waals surface area contributed by atoms with Crippen molar-refractivity contribution in [2.75, 3.05) is 13.2 Å². The lowest BCUT2D eigenvalue weighted by Gasteiger charge is -2.11. The molecule has 0 fully saturated rings. The molecule has 0 amide bonds. The zero-order chi connectivity index (χ0) is 28.7. The van der Waals surface area contributed by atoms with Crippen LogP contribution in [-0.2, 0) is 19.1 Å². The minimum absolute atomic E-state index is 0.000628. The van der Waals surface area contributed by atoms with Gasteiger partial charge in [-0.3, -0.25) is 9.59 Å². The Morgan fingerprint density at radius 3 is 1.26 bits per heavy atom. The Labute approximate surface area is 244 Å². The molecule has 0 saturated carbocycles. The van der Waals surface area contributed by atoms with Crippen molar-refractivity contribution in [1.29, 1.82) is 0 Å². The summed E-state index contributed by atoms with van der Waals surface area (Å²) >= 11 is 0. The first kappa shape index (κ1) is 37.9. The van der Waals surface area contributed by atoms with Gasteiger partial charge in [0.15, 0.2) is 0 Å². The molecule has 0 aromatic carbocycles. The van der Waals surface area contributed by atoms with Crippen molar-refractivity contribution >= 4 is 11.9 Å². The van der Waals surface area contributed by atoms with Gasteiger partial charge in [0.25, 0.3) is 0 Å². The number of unbranched alkanes of at least 4 members (excludes halogenated alkanes) is 20. The average molecular weight is 553 g/mol. The zero-order valence-corrected chi connectivity index (χ0v) is 26.7. The first-order valence-electron chi connectivity index (χ1n) is 17.4. The molecule has 0 aromatic heterocycles. The van der Waals surface area contributed by atoms with Crippen LogP contribution in [-0.4, -0.2) is 25.2 Å². The van der Waals surface area contributed by atoms with Gasteiger partial charge in [0, 0.05) is 12.8 Å². The molecule has 0 aliphatic heterocycles. The Morgan fingerprint density at radius 1 is 0.436 bits per heavy atom. The van der Waals surface area contributed by atoms with E-state index >= 15 is 0 Å². The number of esters is 2. The van der Waals surface area contributed by atoms with Crippen LogP contribution in [0.15, 0.2) is 0 Å². The van der Waals surface area contributed by atoms with E-state index in [1.807, 2.05) is 0 Å². The Morgan fingerprint density at radius 2 is 0.795 bits per heavy atom. The van der Waals surface area contributed by atoms with E-state index in [4.69, 9.17) is 9.47 Å². The van der Waals surface area contributed by atoms with Crippen molar-refractivity contribution in [3.05, 3.63) is 0 Å². The summed E-state index contributed by atoms with van der Waals surface area (Å²) in [5, 5.41) is 0. The van der Waals surface area contributed by atoms with E-state index in [1.54, 1.807) is 0 Å². The molecule has 1 unspecified atom stereocenters. The summed E-state index contributed by atoms with van der Waals surface area (Å²) in [6.45, 7) is 7.93. The molecule has 0 radical (unpaired) electrons. The van der Waals surface area contributed by atoms with Gasteiger partial charge >= 0.3 is 11.9 Å². The monoisotopic (exact) mass is 553 g/mol. The fraction of sp³-hybridized carbons (Fsp3) is 0.943. The largest absolute Gasteiger partial charge is 0.466 e. The molecule has 0 saturated heterocycles. The summed E-state index contributed by atoms with van der Waals surface area (Å²) in [6.07, 6.45) is 32.3. The van der Waals surface area contributed by atoms with E-state index in [2.05, 4.69) is 20.8 Å². The third-order valence-electron chi connectivity index (χ3n) is 7.94. The van der Waals surface area contributed by atoms with Crippen LogP contribution in [0.3, 0.4) is 0 Å². The molecule has 232 valence electrons. The highest BCUT2D eigenvalue weighted by molar-refractivity contribution is 5.69. The maximum Gasteiger partial charge on any atom is 0.305 e. The summed E-state index contributed by atoms with van der Waals surface area (Å²) in [5.74, 6) is 0.625. The molecule has 0 aliphatic carbocycles. The number of hydrogen-bond acceptors (Lipinski definition) is 4. The Bertz CT molecular complexity index is 519. The van der Waals surface area contributed by atoms with Gasteiger partial charge in [0.1, 0.15) is 0 Å². The maximum absolute atomic E-state index is 11.9. The van der Waals surface area contributed by atoms with Gasteiger partial charge in [-0.2, -0.15) is 0 Å². The molecule has 0 rings (SSSR count). The molecular weight excluding hydrogens is 484 g/mol. The first-order chi connectivity index (χ1) is 19.1. The Kier molecular flexibility index (Phi) is 30.6. The minimum Gasteiger partial charge on any atom is -0.466 e. The Hall–Kier alpha value is -1.06. The van der Waals surface area contributed by atoms with Crippen LogP contribution in [0, 0.1) is 5.92 Å². The maximum atomic E-state index is 11.9. The van der Waals surface area contributed by atoms with Gasteiger partial charge in [-0.05, 0) is 31.6 Å². The molecule has 0 aromatic rings. The van der Waals surface area contributed by atoms with Crippen molar-refractivity contribution in [3.63, 3.8) is 0 Å². The molecule has 1 atom stereocenters. The van der Waals surface area contributed by atoms with Crippen LogP contribution in [0.4, 0.5) is 0 Å². The van der Waals surface area contributed by atoms with Gasteiger partial charge in [-0.25, -0.2) is 0 Å². The van der Waals surface area contributed by atoms with E-state index in [0.29, 0.717) is 32.0 Å². The van der Waals surface area contributed by atoms with Crippen molar-refractivity contribution in [2.45, 2.75) is 194 Å². The predicted molar refractivity (Wildman–Crippen MR) is 167 cm³/mol. The van der Waals surface area contributed by atoms with Crippen LogP contribution in [0.25, 0.3) is 0 Å². The number of hydrogen-bond donors (Lipinski definition) is 0. The van der Waals surface area contributed by atoms with Gasteiger partial charge in [0.05, 0.1) is 13.2 Å². The summed E-state index contributed by atoms with van der Waals surface area (Å²) in [6, 6.07) is 0. The number of carbonyl (C=O) groups is 2. The second-order valence-corrected chi connectivity index (χ2v) is 12.0. The normalized spacial score (nSPS) is 12.0. The van der Waals surface area contributed by atoms with Gasteiger partial charge in [-0.15, -0.1) is 0 Å². The highest BCUT2D eigenvalue weighted by Gasteiger charge is 2.08. The molecule has 4 nitrogen and oxygen atoms in total. The van der Waals surface area contributed by atoms with Gasteiger partial charge < -0.3 is 9.47 Å². The van der Waals surface area contributed by atoms with Crippen LogP contribution < -0.4 is 0 Å². The third-order valence-corrected chi connectivity index (χ3v) is 7.94. The van der Waals surface area contributed by atoms with Crippen molar-refractivity contribution in [1.82, 2.24) is 0 Å².